The molecule has 0 aliphatic carbocycles. The standard InChI is InChI=1S/C29H26F5NO2/c1-2-36-24-12-11-23(35-17-24)10-4-19-5-13-25-22(15-19)9-8-21(28(25)31)7-3-20-6-14-27(26(30)16-20)37-18-29(32,33)34/h5-6,8-9,11-17H,2-4,7,10,18H2,1H3. The third-order valence-electron chi connectivity index (χ3n) is 5.95. The maximum Gasteiger partial charge on any atom is 0.422 e. The first kappa shape index (κ1) is 26.4. The lowest BCUT2D eigenvalue weighted by atomic mass is 9.98. The molecular weight excluding hydrogens is 489 g/mol. The Hall–Kier alpha value is -3.68. The van der Waals surface area contributed by atoms with Gasteiger partial charge in [0.2, 0.25) is 0 Å². The van der Waals surface area contributed by atoms with Crippen molar-refractivity contribution in [3.05, 3.63) is 101 Å². The number of hydrogen-bond acceptors (Lipinski definition) is 3. The minimum absolute atomic E-state index is 0.315. The summed E-state index contributed by atoms with van der Waals surface area (Å²) < 4.78 is 76.1. The number of alkyl halides is 3. The molecule has 0 fully saturated rings. The molecule has 0 unspecified atom stereocenters. The molecule has 0 spiro atoms. The fourth-order valence-corrected chi connectivity index (χ4v) is 4.07. The Morgan fingerprint density at radius 2 is 1.54 bits per heavy atom. The second kappa shape index (κ2) is 11.6. The molecule has 37 heavy (non-hydrogen) atoms. The van der Waals surface area contributed by atoms with Crippen LogP contribution in [0.4, 0.5) is 22.0 Å². The number of rotatable bonds is 10. The first-order chi connectivity index (χ1) is 17.7. The smallest absolute Gasteiger partial charge is 0.422 e. The van der Waals surface area contributed by atoms with Gasteiger partial charge in [0, 0.05) is 11.1 Å². The van der Waals surface area contributed by atoms with E-state index in [0.29, 0.717) is 36.0 Å². The number of nitrogens with zero attached hydrogens (tertiary/aromatic N) is 1. The predicted molar refractivity (Wildman–Crippen MR) is 132 cm³/mol. The molecule has 0 N–H and O–H groups in total. The lowest BCUT2D eigenvalue weighted by molar-refractivity contribution is -0.153. The van der Waals surface area contributed by atoms with Gasteiger partial charge in [0.15, 0.2) is 18.2 Å². The number of benzene rings is 3. The highest BCUT2D eigenvalue weighted by atomic mass is 19.4. The van der Waals surface area contributed by atoms with Crippen molar-refractivity contribution in [3.8, 4) is 11.5 Å². The highest BCUT2D eigenvalue weighted by Crippen LogP contribution is 2.26. The summed E-state index contributed by atoms with van der Waals surface area (Å²) in [5.41, 5.74) is 3.03. The largest absolute Gasteiger partial charge is 0.492 e. The molecule has 3 nitrogen and oxygen atoms in total. The highest BCUT2D eigenvalue weighted by Gasteiger charge is 2.29. The van der Waals surface area contributed by atoms with Crippen molar-refractivity contribution in [1.82, 2.24) is 4.98 Å². The molecule has 0 bridgehead atoms. The molecule has 4 aromatic rings. The molecule has 0 radical (unpaired) electrons. The number of ether oxygens (including phenoxy) is 2. The predicted octanol–water partition coefficient (Wildman–Crippen LogP) is 7.42. The summed E-state index contributed by atoms with van der Waals surface area (Å²) in [6.45, 7) is 0.945. The Balaban J connectivity index is 1.38. The van der Waals surface area contributed by atoms with Crippen molar-refractivity contribution in [2.45, 2.75) is 38.8 Å². The van der Waals surface area contributed by atoms with E-state index in [2.05, 4.69) is 9.72 Å². The molecule has 194 valence electrons. The van der Waals surface area contributed by atoms with Crippen LogP contribution in [0.2, 0.25) is 0 Å². The zero-order valence-corrected chi connectivity index (χ0v) is 20.2. The van der Waals surface area contributed by atoms with E-state index in [4.69, 9.17) is 4.74 Å². The number of pyridine rings is 1. The molecule has 1 aromatic heterocycles. The first-order valence-corrected chi connectivity index (χ1v) is 12.0. The van der Waals surface area contributed by atoms with Crippen LogP contribution in [0.3, 0.4) is 0 Å². The van der Waals surface area contributed by atoms with Gasteiger partial charge in [-0.15, -0.1) is 0 Å². The van der Waals surface area contributed by atoms with Gasteiger partial charge in [-0.25, -0.2) is 8.78 Å². The van der Waals surface area contributed by atoms with Crippen molar-refractivity contribution in [1.29, 1.82) is 0 Å². The monoisotopic (exact) mass is 515 g/mol. The Kier molecular flexibility index (Phi) is 8.26. The Bertz CT molecular complexity index is 1350. The number of fused-ring (bicyclic) bond motifs is 1. The fraction of sp³-hybridized carbons (Fsp3) is 0.276. The minimum atomic E-state index is -4.55. The molecule has 1 heterocycles. The van der Waals surface area contributed by atoms with E-state index < -0.39 is 24.3 Å². The van der Waals surface area contributed by atoms with Crippen LogP contribution in [0.15, 0.2) is 66.9 Å². The maximum absolute atomic E-state index is 15.2. The highest BCUT2D eigenvalue weighted by molar-refractivity contribution is 5.84. The normalized spacial score (nSPS) is 11.6. The van der Waals surface area contributed by atoms with Crippen molar-refractivity contribution < 1.29 is 31.4 Å². The zero-order chi connectivity index (χ0) is 26.4. The summed E-state index contributed by atoms with van der Waals surface area (Å²) >= 11 is 0. The number of hydrogen-bond donors (Lipinski definition) is 0. The molecular formula is C29H26F5NO2. The van der Waals surface area contributed by atoms with E-state index in [1.807, 2.05) is 37.3 Å². The van der Waals surface area contributed by atoms with Crippen LogP contribution in [-0.4, -0.2) is 24.4 Å². The van der Waals surface area contributed by atoms with Crippen LogP contribution in [0.1, 0.15) is 29.3 Å². The Labute approximate surface area is 211 Å². The quantitative estimate of drug-likeness (QED) is 0.206. The van der Waals surface area contributed by atoms with E-state index >= 15 is 4.39 Å². The van der Waals surface area contributed by atoms with Gasteiger partial charge in [-0.05, 0) is 78.9 Å². The molecule has 0 amide bonds. The number of halogens is 5. The topological polar surface area (TPSA) is 31.4 Å². The van der Waals surface area contributed by atoms with E-state index in [1.165, 1.54) is 6.07 Å². The zero-order valence-electron chi connectivity index (χ0n) is 20.2. The van der Waals surface area contributed by atoms with Gasteiger partial charge in [-0.1, -0.05) is 36.4 Å². The fourth-order valence-electron chi connectivity index (χ4n) is 4.07. The molecule has 4 rings (SSSR count). The van der Waals surface area contributed by atoms with Gasteiger partial charge in [0.05, 0.1) is 12.8 Å². The molecule has 0 saturated heterocycles. The van der Waals surface area contributed by atoms with E-state index in [-0.39, 0.29) is 5.82 Å². The molecule has 8 heteroatoms. The Morgan fingerprint density at radius 1 is 0.784 bits per heavy atom. The van der Waals surface area contributed by atoms with Gasteiger partial charge >= 0.3 is 6.18 Å². The average Bonchev–Trinajstić information content (AvgIpc) is 2.87. The van der Waals surface area contributed by atoms with E-state index in [9.17, 15) is 17.6 Å². The summed E-state index contributed by atoms with van der Waals surface area (Å²) in [5, 5.41) is 1.29. The Morgan fingerprint density at radius 3 is 2.24 bits per heavy atom. The minimum Gasteiger partial charge on any atom is -0.492 e. The molecule has 0 aliphatic heterocycles. The molecule has 0 aliphatic rings. The van der Waals surface area contributed by atoms with Crippen molar-refractivity contribution >= 4 is 10.8 Å². The molecule has 3 aromatic carbocycles. The summed E-state index contributed by atoms with van der Waals surface area (Å²) in [6, 6.07) is 16.8. The van der Waals surface area contributed by atoms with Gasteiger partial charge < -0.3 is 9.47 Å². The maximum atomic E-state index is 15.2. The van der Waals surface area contributed by atoms with Gasteiger partial charge in [0.25, 0.3) is 0 Å². The summed E-state index contributed by atoms with van der Waals surface area (Å²) in [4.78, 5) is 4.41. The number of aryl methyl sites for hydroxylation is 4. The lowest BCUT2D eigenvalue weighted by Crippen LogP contribution is -2.19. The third kappa shape index (κ3) is 7.18. The van der Waals surface area contributed by atoms with Crippen molar-refractivity contribution in [2.75, 3.05) is 13.2 Å². The average molecular weight is 516 g/mol. The van der Waals surface area contributed by atoms with Crippen molar-refractivity contribution in [2.24, 2.45) is 0 Å². The lowest BCUT2D eigenvalue weighted by Gasteiger charge is -2.11. The third-order valence-corrected chi connectivity index (χ3v) is 5.95. The van der Waals surface area contributed by atoms with Crippen LogP contribution in [0, 0.1) is 11.6 Å². The van der Waals surface area contributed by atoms with Crippen LogP contribution in [0.25, 0.3) is 10.8 Å². The second-order valence-corrected chi connectivity index (χ2v) is 8.68. The van der Waals surface area contributed by atoms with E-state index in [1.54, 1.807) is 18.3 Å². The number of aromatic nitrogens is 1. The SMILES string of the molecule is CCOc1ccc(CCc2ccc3c(F)c(CCc4ccc(OCC(F)(F)F)c(F)c4)ccc3c2)nc1. The summed E-state index contributed by atoms with van der Waals surface area (Å²) in [5.74, 6) is -0.941. The van der Waals surface area contributed by atoms with Crippen molar-refractivity contribution in [3.63, 3.8) is 0 Å². The van der Waals surface area contributed by atoms with Gasteiger partial charge in [0.1, 0.15) is 11.6 Å². The van der Waals surface area contributed by atoms with E-state index in [0.717, 1.165) is 47.4 Å². The molecule has 0 atom stereocenters. The van der Waals surface area contributed by atoms with Crippen LogP contribution in [-0.2, 0) is 25.7 Å². The summed E-state index contributed by atoms with van der Waals surface area (Å²) in [7, 11) is 0. The van der Waals surface area contributed by atoms with Crippen LogP contribution in [0.5, 0.6) is 11.5 Å². The molecule has 0 saturated carbocycles. The van der Waals surface area contributed by atoms with Crippen LogP contribution < -0.4 is 9.47 Å². The second-order valence-electron chi connectivity index (χ2n) is 8.68. The first-order valence-electron chi connectivity index (χ1n) is 12.0. The van der Waals surface area contributed by atoms with Gasteiger partial charge in [-0.3, -0.25) is 4.98 Å². The summed E-state index contributed by atoms with van der Waals surface area (Å²) in [6.07, 6.45) is -0.696. The van der Waals surface area contributed by atoms with Gasteiger partial charge in [-0.2, -0.15) is 13.2 Å². The van der Waals surface area contributed by atoms with Crippen LogP contribution >= 0.6 is 0 Å².